The molecule has 4 aromatic carbocycles. The minimum absolute atomic E-state index is 0.542. The van der Waals surface area contributed by atoms with Gasteiger partial charge in [-0.25, -0.2) is 0 Å². The summed E-state index contributed by atoms with van der Waals surface area (Å²) in [6, 6.07) is 35.2. The van der Waals surface area contributed by atoms with Gasteiger partial charge in [-0.2, -0.15) is 0 Å². The molecule has 1 nitrogen and oxygen atoms in total. The zero-order chi connectivity index (χ0) is 34.7. The molecule has 0 amide bonds. The number of unbranched alkanes of at least 4 members (excludes halogenated alkanes) is 1. The number of anilines is 3. The van der Waals surface area contributed by atoms with Gasteiger partial charge in [0, 0.05) is 22.6 Å². The zero-order valence-electron chi connectivity index (χ0n) is 29.3. The van der Waals surface area contributed by atoms with Gasteiger partial charge in [0.05, 0.1) is 5.41 Å². The van der Waals surface area contributed by atoms with Crippen molar-refractivity contribution < 1.29 is 0 Å². The van der Waals surface area contributed by atoms with Crippen LogP contribution in [-0.4, -0.2) is 0 Å². The molecule has 0 N–H and O–H groups in total. The van der Waals surface area contributed by atoms with Crippen molar-refractivity contribution in [3.8, 4) is 12.3 Å². The van der Waals surface area contributed by atoms with Gasteiger partial charge < -0.3 is 4.90 Å². The van der Waals surface area contributed by atoms with Gasteiger partial charge in [-0.15, -0.1) is 6.42 Å². The first-order valence-corrected chi connectivity index (χ1v) is 17.7. The molecule has 0 fully saturated rings. The van der Waals surface area contributed by atoms with Crippen LogP contribution < -0.4 is 4.90 Å². The minimum Gasteiger partial charge on any atom is -0.310 e. The Kier molecular flexibility index (Phi) is 9.12. The van der Waals surface area contributed by atoms with E-state index in [4.69, 9.17) is 6.42 Å². The summed E-state index contributed by atoms with van der Waals surface area (Å²) in [7, 11) is 0. The van der Waals surface area contributed by atoms with Crippen LogP contribution in [0.2, 0.25) is 0 Å². The summed E-state index contributed by atoms with van der Waals surface area (Å²) in [5.41, 5.74) is 16.0. The van der Waals surface area contributed by atoms with E-state index in [2.05, 4.69) is 184 Å². The van der Waals surface area contributed by atoms with E-state index in [0.29, 0.717) is 0 Å². The van der Waals surface area contributed by atoms with Crippen LogP contribution in [0.5, 0.6) is 0 Å². The zero-order valence-corrected chi connectivity index (χ0v) is 29.3. The standard InChI is InChI=1S/C49H43N/c1-6-10-11-12-14-23-36-24-19-27-38(33-36)50(37-25-15-13-16-26-37)39-31-32-44-43-29-20-30-46(43)49(47(44)34-39)45(9-4)42(21-7-2)40(8-3)48(49)41-28-18-17-22-35(41)5/h3,7,9,11-29,31-34H,2,6,10,30H2,1,4-5H3/b12-11-,23-14?,42-21-,45-9+. The summed E-state index contributed by atoms with van der Waals surface area (Å²) >= 11 is 0. The largest absolute Gasteiger partial charge is 0.310 e. The molecule has 0 heterocycles. The topological polar surface area (TPSA) is 3.24 Å². The molecular weight excluding hydrogens is 603 g/mol. The third kappa shape index (κ3) is 5.29. The Balaban J connectivity index is 1.49. The van der Waals surface area contributed by atoms with Gasteiger partial charge in [0.15, 0.2) is 0 Å². The smallest absolute Gasteiger partial charge is 0.0701 e. The van der Waals surface area contributed by atoms with E-state index in [9.17, 15) is 0 Å². The third-order valence-electron chi connectivity index (χ3n) is 10.2. The van der Waals surface area contributed by atoms with Crippen LogP contribution in [0.4, 0.5) is 17.1 Å². The predicted octanol–water partition coefficient (Wildman–Crippen LogP) is 13.0. The second-order valence-corrected chi connectivity index (χ2v) is 13.0. The monoisotopic (exact) mass is 645 g/mol. The van der Waals surface area contributed by atoms with Crippen molar-refractivity contribution >= 4 is 34.3 Å². The van der Waals surface area contributed by atoms with Gasteiger partial charge in [-0.1, -0.05) is 141 Å². The van der Waals surface area contributed by atoms with Crippen molar-refractivity contribution in [2.75, 3.05) is 4.90 Å². The summed E-state index contributed by atoms with van der Waals surface area (Å²) in [5.74, 6) is 3.18. The Labute approximate surface area is 298 Å². The van der Waals surface area contributed by atoms with Crippen LogP contribution in [0.1, 0.15) is 60.9 Å². The fraction of sp³-hybridized carbons (Fsp3) is 0.143. The van der Waals surface area contributed by atoms with Gasteiger partial charge in [0.1, 0.15) is 0 Å². The van der Waals surface area contributed by atoms with E-state index < -0.39 is 5.41 Å². The molecule has 3 aliphatic carbocycles. The molecule has 1 unspecified atom stereocenters. The van der Waals surface area contributed by atoms with Crippen LogP contribution in [0.15, 0.2) is 175 Å². The Bertz CT molecular complexity index is 2240. The van der Waals surface area contributed by atoms with Crippen molar-refractivity contribution in [1.82, 2.24) is 0 Å². The maximum Gasteiger partial charge on any atom is 0.0701 e. The maximum atomic E-state index is 6.50. The second kappa shape index (κ2) is 13.9. The summed E-state index contributed by atoms with van der Waals surface area (Å²) in [6.45, 7) is 10.7. The number of para-hydroxylation sites is 1. The van der Waals surface area contributed by atoms with Gasteiger partial charge >= 0.3 is 0 Å². The molecule has 0 saturated carbocycles. The normalized spacial score (nSPS) is 19.4. The van der Waals surface area contributed by atoms with Gasteiger partial charge in [0.2, 0.25) is 0 Å². The molecule has 0 aliphatic heterocycles. The molecule has 7 rings (SSSR count). The quantitative estimate of drug-likeness (QED) is 0.129. The molecular formula is C49H43N. The van der Waals surface area contributed by atoms with E-state index in [0.717, 1.165) is 53.0 Å². The summed E-state index contributed by atoms with van der Waals surface area (Å²) in [4.78, 5) is 2.38. The highest BCUT2D eigenvalue weighted by atomic mass is 15.1. The number of terminal acetylenes is 1. The first-order valence-electron chi connectivity index (χ1n) is 17.7. The SMILES string of the molecule is C#CC1=C(c2ccccc2C)C2(C3=C(C=CC3)c3ccc(N(c4ccccc4)c4cccc(C=C/C=C\CCC)c4)cc32)C(=C/C)/C1=C\C=C. The molecule has 0 saturated heterocycles. The van der Waals surface area contributed by atoms with Crippen LogP contribution in [0.3, 0.4) is 0 Å². The fourth-order valence-corrected chi connectivity index (χ4v) is 8.18. The fourth-order valence-electron chi connectivity index (χ4n) is 8.18. The number of nitrogens with zero attached hydrogens (tertiary/aromatic N) is 1. The van der Waals surface area contributed by atoms with E-state index in [1.54, 1.807) is 0 Å². The van der Waals surface area contributed by atoms with Crippen molar-refractivity contribution in [2.24, 2.45) is 0 Å². The Morgan fingerprint density at radius 1 is 0.880 bits per heavy atom. The average Bonchev–Trinajstić information content (AvgIpc) is 3.81. The number of allylic oxidation sites excluding steroid dienone is 14. The summed E-state index contributed by atoms with van der Waals surface area (Å²) in [6.07, 6.45) is 29.2. The molecule has 1 heteroatoms. The van der Waals surface area contributed by atoms with Crippen molar-refractivity contribution in [3.05, 3.63) is 202 Å². The van der Waals surface area contributed by atoms with Crippen molar-refractivity contribution in [2.45, 2.75) is 45.4 Å². The number of hydrogen-bond donors (Lipinski definition) is 0. The van der Waals surface area contributed by atoms with Crippen molar-refractivity contribution in [3.63, 3.8) is 0 Å². The summed E-state index contributed by atoms with van der Waals surface area (Å²) < 4.78 is 0. The second-order valence-electron chi connectivity index (χ2n) is 13.0. The number of hydrogen-bond acceptors (Lipinski definition) is 1. The van der Waals surface area contributed by atoms with E-state index in [1.165, 1.54) is 44.5 Å². The highest BCUT2D eigenvalue weighted by molar-refractivity contribution is 6.06. The molecule has 0 radical (unpaired) electrons. The lowest BCUT2D eigenvalue weighted by molar-refractivity contribution is 0.787. The molecule has 50 heavy (non-hydrogen) atoms. The number of fused-ring (bicyclic) bond motifs is 4. The van der Waals surface area contributed by atoms with Gasteiger partial charge in [0.25, 0.3) is 0 Å². The summed E-state index contributed by atoms with van der Waals surface area (Å²) in [5, 5.41) is 0. The highest BCUT2D eigenvalue weighted by Gasteiger charge is 2.56. The molecule has 1 atom stereocenters. The van der Waals surface area contributed by atoms with Crippen LogP contribution in [-0.2, 0) is 5.41 Å². The lowest BCUT2D eigenvalue weighted by atomic mass is 9.65. The Morgan fingerprint density at radius 2 is 1.66 bits per heavy atom. The maximum absolute atomic E-state index is 6.50. The number of rotatable bonds is 9. The first-order chi connectivity index (χ1) is 24.6. The van der Waals surface area contributed by atoms with Crippen LogP contribution in [0, 0.1) is 19.3 Å². The van der Waals surface area contributed by atoms with Gasteiger partial charge in [-0.3, -0.25) is 0 Å². The lowest BCUT2D eigenvalue weighted by Gasteiger charge is -2.36. The Hall–Kier alpha value is -5.84. The highest BCUT2D eigenvalue weighted by Crippen LogP contribution is 2.67. The van der Waals surface area contributed by atoms with Crippen LogP contribution in [0.25, 0.3) is 17.2 Å². The Morgan fingerprint density at radius 3 is 2.42 bits per heavy atom. The van der Waals surface area contributed by atoms with Crippen LogP contribution >= 0.6 is 0 Å². The van der Waals surface area contributed by atoms with Gasteiger partial charge in [-0.05, 0) is 119 Å². The molecule has 4 aromatic rings. The van der Waals surface area contributed by atoms with E-state index in [1.807, 2.05) is 6.08 Å². The third-order valence-corrected chi connectivity index (χ3v) is 10.2. The molecule has 0 bridgehead atoms. The predicted molar refractivity (Wildman–Crippen MR) is 216 cm³/mol. The average molecular weight is 646 g/mol. The van der Waals surface area contributed by atoms with Crippen molar-refractivity contribution in [1.29, 1.82) is 0 Å². The van der Waals surface area contributed by atoms with E-state index in [-0.39, 0.29) is 0 Å². The lowest BCUT2D eigenvalue weighted by Crippen LogP contribution is -2.29. The molecule has 0 aromatic heterocycles. The minimum atomic E-state index is -0.542. The number of aryl methyl sites for hydroxylation is 1. The molecule has 1 spiro atoms. The molecule has 3 aliphatic rings. The molecule has 244 valence electrons. The first kappa shape index (κ1) is 32.7. The number of benzene rings is 4. The van der Waals surface area contributed by atoms with E-state index >= 15 is 0 Å².